The lowest BCUT2D eigenvalue weighted by Gasteiger charge is -2.15. The summed E-state index contributed by atoms with van der Waals surface area (Å²) in [5, 5.41) is 12.8. The molecule has 0 bridgehead atoms. The van der Waals surface area contributed by atoms with E-state index >= 15 is 0 Å². The highest BCUT2D eigenvalue weighted by Gasteiger charge is 2.11. The van der Waals surface area contributed by atoms with Gasteiger partial charge in [-0.05, 0) is 30.2 Å². The first-order chi connectivity index (χ1) is 9.16. The Morgan fingerprint density at radius 1 is 1.05 bits per heavy atom. The monoisotopic (exact) mass is 292 g/mol. The molecule has 0 spiro atoms. The maximum Gasteiger partial charge on any atom is 0.0704 e. The third kappa shape index (κ3) is 4.53. The molecule has 3 nitrogen and oxygen atoms in total. The molecule has 2 aromatic rings. The Morgan fingerprint density at radius 2 is 1.65 bits per heavy atom. The number of rotatable bonds is 5. The van der Waals surface area contributed by atoms with Crippen molar-refractivity contribution in [1.29, 1.82) is 0 Å². The summed E-state index contributed by atoms with van der Waals surface area (Å²) in [5.74, 6) is 0. The molecule has 0 saturated carbocycles. The van der Waals surface area contributed by atoms with Gasteiger partial charge in [0.05, 0.1) is 12.1 Å². The van der Waals surface area contributed by atoms with Gasteiger partial charge in [0.1, 0.15) is 0 Å². The summed E-state index contributed by atoms with van der Waals surface area (Å²) in [7, 11) is 0. The maximum absolute atomic E-state index is 9.46. The molecule has 108 valence electrons. The number of hydrogen-bond donors (Lipinski definition) is 3. The second kappa shape index (κ2) is 7.90. The highest BCUT2D eigenvalue weighted by atomic mass is 35.5. The van der Waals surface area contributed by atoms with Gasteiger partial charge in [-0.1, -0.05) is 42.5 Å². The van der Waals surface area contributed by atoms with Crippen LogP contribution in [0.15, 0.2) is 54.6 Å². The molecule has 0 aliphatic heterocycles. The molecule has 0 amide bonds. The molecular formula is C16H21ClN2O. The zero-order chi connectivity index (χ0) is 13.7. The van der Waals surface area contributed by atoms with Gasteiger partial charge in [0.15, 0.2) is 0 Å². The van der Waals surface area contributed by atoms with Gasteiger partial charge in [0.2, 0.25) is 0 Å². The van der Waals surface area contributed by atoms with Crippen molar-refractivity contribution >= 4 is 18.1 Å². The van der Waals surface area contributed by atoms with Crippen molar-refractivity contribution in [3.8, 4) is 0 Å². The number of benzene rings is 2. The van der Waals surface area contributed by atoms with Gasteiger partial charge in [-0.25, -0.2) is 0 Å². The summed E-state index contributed by atoms with van der Waals surface area (Å²) in [6.45, 7) is 2.49. The van der Waals surface area contributed by atoms with Gasteiger partial charge in [0, 0.05) is 12.2 Å². The fourth-order valence-corrected chi connectivity index (χ4v) is 1.90. The first kappa shape index (κ1) is 16.5. The highest BCUT2D eigenvalue weighted by molar-refractivity contribution is 5.85. The normalized spacial score (nSPS) is 13.2. The first-order valence-electron chi connectivity index (χ1n) is 6.48. The molecule has 4 N–H and O–H groups in total. The average molecular weight is 293 g/mol. The van der Waals surface area contributed by atoms with Gasteiger partial charge in [0.25, 0.3) is 0 Å². The minimum Gasteiger partial charge on any atom is -0.391 e. The van der Waals surface area contributed by atoms with Crippen LogP contribution in [0.3, 0.4) is 0 Å². The zero-order valence-corrected chi connectivity index (χ0v) is 12.3. The quantitative estimate of drug-likeness (QED) is 0.794. The van der Waals surface area contributed by atoms with Crippen molar-refractivity contribution in [2.45, 2.75) is 25.6 Å². The number of hydrogen-bond acceptors (Lipinski definition) is 3. The lowest BCUT2D eigenvalue weighted by Crippen LogP contribution is -2.22. The third-order valence-electron chi connectivity index (χ3n) is 3.15. The van der Waals surface area contributed by atoms with E-state index in [4.69, 9.17) is 5.73 Å². The van der Waals surface area contributed by atoms with Gasteiger partial charge in [-0.15, -0.1) is 12.4 Å². The van der Waals surface area contributed by atoms with Crippen molar-refractivity contribution < 1.29 is 5.11 Å². The molecule has 2 aromatic carbocycles. The fraction of sp³-hybridized carbons (Fsp3) is 0.250. The first-order valence-corrected chi connectivity index (χ1v) is 6.48. The third-order valence-corrected chi connectivity index (χ3v) is 3.15. The second-order valence-electron chi connectivity index (χ2n) is 4.73. The van der Waals surface area contributed by atoms with Gasteiger partial charge >= 0.3 is 0 Å². The summed E-state index contributed by atoms with van der Waals surface area (Å²) in [6, 6.07) is 17.8. The second-order valence-corrected chi connectivity index (χ2v) is 4.73. The Balaban J connectivity index is 0.00000200. The lowest BCUT2D eigenvalue weighted by molar-refractivity contribution is 0.164. The van der Waals surface area contributed by atoms with Gasteiger partial charge < -0.3 is 16.2 Å². The van der Waals surface area contributed by atoms with Crippen LogP contribution in [-0.4, -0.2) is 11.2 Å². The van der Waals surface area contributed by atoms with Crippen molar-refractivity contribution in [3.05, 3.63) is 65.7 Å². The number of halogens is 1. The van der Waals surface area contributed by atoms with E-state index in [-0.39, 0.29) is 18.4 Å². The molecular weight excluding hydrogens is 272 g/mol. The number of nitrogens with two attached hydrogens (primary N) is 1. The van der Waals surface area contributed by atoms with E-state index in [2.05, 4.69) is 17.4 Å². The fourth-order valence-electron chi connectivity index (χ4n) is 1.90. The largest absolute Gasteiger partial charge is 0.391 e. The summed E-state index contributed by atoms with van der Waals surface area (Å²) in [4.78, 5) is 0. The van der Waals surface area contributed by atoms with E-state index in [1.54, 1.807) is 6.92 Å². The van der Waals surface area contributed by atoms with Gasteiger partial charge in [-0.2, -0.15) is 0 Å². The Kier molecular flexibility index (Phi) is 6.52. The minimum atomic E-state index is -0.539. The molecule has 2 atom stereocenters. The van der Waals surface area contributed by atoms with Crippen molar-refractivity contribution in [2.24, 2.45) is 5.73 Å². The molecule has 20 heavy (non-hydrogen) atoms. The smallest absolute Gasteiger partial charge is 0.0704 e. The molecule has 0 aliphatic carbocycles. The Hall–Kier alpha value is -1.55. The predicted molar refractivity (Wildman–Crippen MR) is 86.1 cm³/mol. The van der Waals surface area contributed by atoms with Crippen LogP contribution < -0.4 is 11.1 Å². The number of anilines is 1. The van der Waals surface area contributed by atoms with E-state index in [0.29, 0.717) is 0 Å². The number of aliphatic hydroxyl groups is 1. The molecule has 0 aromatic heterocycles. The SMILES string of the molecule is C[C@@H](O)[C@@H](N)c1ccc(NCc2ccccc2)cc1.Cl. The van der Waals surface area contributed by atoms with Crippen LogP contribution in [0.4, 0.5) is 5.69 Å². The summed E-state index contributed by atoms with van der Waals surface area (Å²) < 4.78 is 0. The summed E-state index contributed by atoms with van der Waals surface area (Å²) in [5.41, 5.74) is 9.12. The Labute approximate surface area is 126 Å². The van der Waals surface area contributed by atoms with Crippen LogP contribution in [0.2, 0.25) is 0 Å². The Bertz CT molecular complexity index is 500. The number of nitrogens with one attached hydrogen (secondary N) is 1. The Morgan fingerprint density at radius 3 is 2.20 bits per heavy atom. The molecule has 4 heteroatoms. The average Bonchev–Trinajstić information content (AvgIpc) is 2.46. The van der Waals surface area contributed by atoms with E-state index in [1.807, 2.05) is 42.5 Å². The molecule has 0 unspecified atom stereocenters. The van der Waals surface area contributed by atoms with Crippen LogP contribution in [0, 0.1) is 0 Å². The minimum absolute atomic E-state index is 0. The van der Waals surface area contributed by atoms with E-state index in [0.717, 1.165) is 17.8 Å². The number of aliphatic hydroxyl groups excluding tert-OH is 1. The lowest BCUT2D eigenvalue weighted by atomic mass is 10.0. The van der Waals surface area contributed by atoms with Crippen LogP contribution in [0.5, 0.6) is 0 Å². The molecule has 0 radical (unpaired) electrons. The van der Waals surface area contributed by atoms with Gasteiger partial charge in [-0.3, -0.25) is 0 Å². The van der Waals surface area contributed by atoms with Crippen molar-refractivity contribution in [3.63, 3.8) is 0 Å². The van der Waals surface area contributed by atoms with Crippen LogP contribution in [0.1, 0.15) is 24.1 Å². The summed E-state index contributed by atoms with van der Waals surface area (Å²) in [6.07, 6.45) is -0.539. The van der Waals surface area contributed by atoms with E-state index in [9.17, 15) is 5.11 Å². The van der Waals surface area contributed by atoms with Crippen molar-refractivity contribution in [1.82, 2.24) is 0 Å². The van der Waals surface area contributed by atoms with Crippen LogP contribution in [-0.2, 0) is 6.54 Å². The maximum atomic E-state index is 9.46. The molecule has 0 aliphatic rings. The molecule has 0 saturated heterocycles. The highest BCUT2D eigenvalue weighted by Crippen LogP contribution is 2.17. The van der Waals surface area contributed by atoms with E-state index in [1.165, 1.54) is 5.56 Å². The predicted octanol–water partition coefficient (Wildman–Crippen LogP) is 3.10. The molecule has 2 rings (SSSR count). The van der Waals surface area contributed by atoms with E-state index < -0.39 is 6.10 Å². The standard InChI is InChI=1S/C16H20N2O.ClH/c1-12(19)16(17)14-7-9-15(10-8-14)18-11-13-5-3-2-4-6-13;/h2-10,12,16,18-19H,11,17H2,1H3;1H/t12-,16-;/m1./s1. The van der Waals surface area contributed by atoms with Crippen molar-refractivity contribution in [2.75, 3.05) is 5.32 Å². The van der Waals surface area contributed by atoms with Crippen LogP contribution >= 0.6 is 12.4 Å². The summed E-state index contributed by atoms with van der Waals surface area (Å²) >= 11 is 0. The van der Waals surface area contributed by atoms with Crippen LogP contribution in [0.25, 0.3) is 0 Å². The molecule has 0 fully saturated rings. The topological polar surface area (TPSA) is 58.3 Å². The molecule has 0 heterocycles. The zero-order valence-electron chi connectivity index (χ0n) is 11.5.